The first-order valence-electron chi connectivity index (χ1n) is 7.54. The van der Waals surface area contributed by atoms with Crippen LogP contribution in [0.3, 0.4) is 0 Å². The molecule has 0 spiro atoms. The smallest absolute Gasteiger partial charge is 0.193 e. The number of hydrogen-bond acceptors (Lipinski definition) is 5. The Bertz CT molecular complexity index is 526. The molecule has 1 unspecified atom stereocenters. The van der Waals surface area contributed by atoms with Crippen LogP contribution in [0.25, 0.3) is 0 Å². The van der Waals surface area contributed by atoms with E-state index in [0.717, 1.165) is 25.3 Å². The largest absolute Gasteiger partial charge is 0.347 e. The highest BCUT2D eigenvalue weighted by Crippen LogP contribution is 2.36. The molecule has 2 aliphatic rings. The maximum atomic E-state index is 6.42. The summed E-state index contributed by atoms with van der Waals surface area (Å²) >= 11 is 12.4. The fraction of sp³-hybridized carbons (Fsp3) is 0.600. The summed E-state index contributed by atoms with van der Waals surface area (Å²) in [6.45, 7) is 5.21. The lowest BCUT2D eigenvalue weighted by atomic mass is 10.2. The minimum absolute atomic E-state index is 0.0221. The number of hydrogen-bond donors (Lipinski definition) is 0. The molecule has 2 saturated heterocycles. The van der Waals surface area contributed by atoms with E-state index in [1.807, 2.05) is 19.2 Å². The third-order valence-electron chi connectivity index (χ3n) is 3.94. The summed E-state index contributed by atoms with van der Waals surface area (Å²) in [5.41, 5.74) is 0.913. The number of halogens is 2. The van der Waals surface area contributed by atoms with E-state index in [2.05, 4.69) is 21.8 Å². The third-order valence-corrected chi connectivity index (χ3v) is 4.48. The van der Waals surface area contributed by atoms with Gasteiger partial charge in [-0.05, 0) is 24.6 Å². The zero-order valence-corrected chi connectivity index (χ0v) is 14.3. The van der Waals surface area contributed by atoms with Crippen molar-refractivity contribution < 1.29 is 9.47 Å². The lowest BCUT2D eigenvalue weighted by Gasteiger charge is -2.35. The minimum Gasteiger partial charge on any atom is -0.347 e. The summed E-state index contributed by atoms with van der Waals surface area (Å²) in [4.78, 5) is 2.35. The molecule has 0 aliphatic carbocycles. The van der Waals surface area contributed by atoms with Gasteiger partial charge in [0.25, 0.3) is 0 Å². The van der Waals surface area contributed by atoms with Crippen LogP contribution < -0.4 is 5.01 Å². The molecule has 2 aliphatic heterocycles. The molecular formula is C15H21Cl2N3O2. The molecule has 3 rings (SSSR count). The fourth-order valence-electron chi connectivity index (χ4n) is 3.09. The Morgan fingerprint density at radius 2 is 1.95 bits per heavy atom. The maximum Gasteiger partial charge on any atom is 0.193 e. The highest BCUT2D eigenvalue weighted by Gasteiger charge is 2.44. The number of nitrogens with zero attached hydrogens (tertiary/aromatic N) is 3. The van der Waals surface area contributed by atoms with E-state index >= 15 is 0 Å². The second kappa shape index (κ2) is 6.91. The Morgan fingerprint density at radius 1 is 1.23 bits per heavy atom. The molecule has 0 saturated carbocycles. The van der Waals surface area contributed by atoms with E-state index in [1.54, 1.807) is 6.07 Å². The molecule has 122 valence electrons. The Kier molecular flexibility index (Phi) is 5.12. The number of ether oxygens (including phenoxy) is 2. The number of rotatable bonds is 4. The summed E-state index contributed by atoms with van der Waals surface area (Å²) in [5.74, 6) is 0. The lowest BCUT2D eigenvalue weighted by molar-refractivity contribution is -0.0893. The molecule has 1 atom stereocenters. The van der Waals surface area contributed by atoms with Crippen LogP contribution in [0.4, 0.5) is 5.69 Å². The van der Waals surface area contributed by atoms with Crippen LogP contribution in [0.5, 0.6) is 0 Å². The van der Waals surface area contributed by atoms with Crippen molar-refractivity contribution in [3.63, 3.8) is 0 Å². The van der Waals surface area contributed by atoms with Gasteiger partial charge < -0.3 is 9.47 Å². The van der Waals surface area contributed by atoms with Crippen molar-refractivity contribution in [1.29, 1.82) is 0 Å². The Balaban J connectivity index is 1.94. The molecule has 0 radical (unpaired) electrons. The van der Waals surface area contributed by atoms with Gasteiger partial charge in [0.05, 0.1) is 30.6 Å². The number of anilines is 1. The van der Waals surface area contributed by atoms with Gasteiger partial charge in [-0.3, -0.25) is 9.91 Å². The van der Waals surface area contributed by atoms with E-state index in [9.17, 15) is 0 Å². The van der Waals surface area contributed by atoms with Gasteiger partial charge in [-0.25, -0.2) is 5.01 Å². The zero-order chi connectivity index (χ0) is 15.7. The molecule has 2 fully saturated rings. The van der Waals surface area contributed by atoms with E-state index in [-0.39, 0.29) is 12.5 Å². The van der Waals surface area contributed by atoms with Gasteiger partial charge in [0.1, 0.15) is 0 Å². The van der Waals surface area contributed by atoms with Gasteiger partial charge in [-0.1, -0.05) is 30.1 Å². The summed E-state index contributed by atoms with van der Waals surface area (Å²) in [7, 11) is 2.04. The first kappa shape index (κ1) is 16.3. The second-order valence-corrected chi connectivity index (χ2v) is 6.42. The molecule has 2 heterocycles. The van der Waals surface area contributed by atoms with Crippen LogP contribution in [0.2, 0.25) is 10.0 Å². The van der Waals surface area contributed by atoms with Gasteiger partial charge >= 0.3 is 0 Å². The quantitative estimate of drug-likeness (QED) is 0.836. The molecular weight excluding hydrogens is 325 g/mol. The molecule has 22 heavy (non-hydrogen) atoms. The fourth-order valence-corrected chi connectivity index (χ4v) is 3.59. The van der Waals surface area contributed by atoms with Crippen LogP contribution in [-0.2, 0) is 9.47 Å². The van der Waals surface area contributed by atoms with Crippen molar-refractivity contribution in [3.05, 3.63) is 28.2 Å². The van der Waals surface area contributed by atoms with Crippen molar-refractivity contribution in [1.82, 2.24) is 9.91 Å². The van der Waals surface area contributed by atoms with Crippen LogP contribution in [-0.4, -0.2) is 55.8 Å². The monoisotopic (exact) mass is 345 g/mol. The SMILES string of the molecule is CCCN1CN(C)N(c2ccc(Cl)cc2Cl)C1C1OCCO1. The Morgan fingerprint density at radius 3 is 2.59 bits per heavy atom. The summed E-state index contributed by atoms with van der Waals surface area (Å²) in [6, 6.07) is 5.56. The van der Waals surface area contributed by atoms with Crippen LogP contribution in [0, 0.1) is 0 Å². The summed E-state index contributed by atoms with van der Waals surface area (Å²) in [5, 5.41) is 5.54. The van der Waals surface area contributed by atoms with Crippen molar-refractivity contribution in [2.24, 2.45) is 0 Å². The first-order chi connectivity index (χ1) is 10.6. The molecule has 5 nitrogen and oxygen atoms in total. The van der Waals surface area contributed by atoms with Crippen molar-refractivity contribution in [2.45, 2.75) is 25.8 Å². The number of benzene rings is 1. The molecule has 7 heteroatoms. The Hall–Kier alpha value is -0.560. The van der Waals surface area contributed by atoms with Gasteiger partial charge in [0.15, 0.2) is 12.5 Å². The highest BCUT2D eigenvalue weighted by molar-refractivity contribution is 6.36. The standard InChI is InChI=1S/C15H21Cl2N3O2/c1-3-6-19-10-18(2)20(14(19)15-21-7-8-22-15)13-5-4-11(16)9-12(13)17/h4-5,9,14-15H,3,6-8,10H2,1-2H3. The normalized spacial score (nSPS) is 24.5. The topological polar surface area (TPSA) is 28.2 Å². The summed E-state index contributed by atoms with van der Waals surface area (Å²) < 4.78 is 11.6. The average Bonchev–Trinajstić information content (AvgIpc) is 3.08. The predicted molar refractivity (Wildman–Crippen MR) is 88.0 cm³/mol. The minimum atomic E-state index is -0.275. The maximum absolute atomic E-state index is 6.42. The van der Waals surface area contributed by atoms with E-state index in [4.69, 9.17) is 32.7 Å². The van der Waals surface area contributed by atoms with E-state index < -0.39 is 0 Å². The molecule has 0 amide bonds. The predicted octanol–water partition coefficient (Wildman–Crippen LogP) is 3.03. The summed E-state index contributed by atoms with van der Waals surface area (Å²) in [6.07, 6.45) is 0.772. The van der Waals surface area contributed by atoms with Gasteiger partial charge in [-0.2, -0.15) is 0 Å². The second-order valence-electron chi connectivity index (χ2n) is 5.58. The van der Waals surface area contributed by atoms with Crippen LogP contribution in [0.15, 0.2) is 18.2 Å². The van der Waals surface area contributed by atoms with Gasteiger partial charge in [0.2, 0.25) is 0 Å². The zero-order valence-electron chi connectivity index (χ0n) is 12.8. The molecule has 1 aromatic carbocycles. The molecule has 1 aromatic rings. The first-order valence-corrected chi connectivity index (χ1v) is 8.30. The third kappa shape index (κ3) is 3.07. The lowest BCUT2D eigenvalue weighted by Crippen LogP contribution is -2.50. The van der Waals surface area contributed by atoms with Crippen LogP contribution in [0.1, 0.15) is 13.3 Å². The van der Waals surface area contributed by atoms with Gasteiger partial charge in [-0.15, -0.1) is 0 Å². The Labute approximate surface area is 141 Å². The highest BCUT2D eigenvalue weighted by atomic mass is 35.5. The average molecular weight is 346 g/mol. The molecule has 0 N–H and O–H groups in total. The number of hydrazine groups is 1. The van der Waals surface area contributed by atoms with E-state index in [1.165, 1.54) is 0 Å². The van der Waals surface area contributed by atoms with Crippen molar-refractivity contribution in [3.8, 4) is 0 Å². The van der Waals surface area contributed by atoms with Crippen molar-refractivity contribution in [2.75, 3.05) is 38.5 Å². The molecule has 0 aromatic heterocycles. The molecule has 0 bridgehead atoms. The van der Waals surface area contributed by atoms with E-state index in [0.29, 0.717) is 23.3 Å². The van der Waals surface area contributed by atoms with Gasteiger partial charge in [0, 0.05) is 18.6 Å². The van der Waals surface area contributed by atoms with Crippen molar-refractivity contribution >= 4 is 28.9 Å². The van der Waals surface area contributed by atoms with Crippen LogP contribution >= 0.6 is 23.2 Å².